The van der Waals surface area contributed by atoms with Gasteiger partial charge < -0.3 is 19.9 Å². The van der Waals surface area contributed by atoms with Gasteiger partial charge in [-0.15, -0.1) is 11.3 Å². The number of carbonyl (C=O) groups is 1. The summed E-state index contributed by atoms with van der Waals surface area (Å²) in [6.07, 6.45) is 6.76. The van der Waals surface area contributed by atoms with E-state index in [-0.39, 0.29) is 11.9 Å². The molecular weight excluding hydrogens is 422 g/mol. The van der Waals surface area contributed by atoms with E-state index in [2.05, 4.69) is 52.4 Å². The lowest BCUT2D eigenvalue weighted by Crippen LogP contribution is -2.38. The van der Waals surface area contributed by atoms with Crippen molar-refractivity contribution in [2.75, 3.05) is 25.9 Å². The van der Waals surface area contributed by atoms with E-state index in [1.807, 2.05) is 4.90 Å². The number of ether oxygens (including phenoxy) is 1. The number of aromatic nitrogens is 3. The second-order valence-corrected chi connectivity index (χ2v) is 9.22. The van der Waals surface area contributed by atoms with E-state index < -0.39 is 0 Å². The second kappa shape index (κ2) is 7.94. The Morgan fingerprint density at radius 2 is 2.06 bits per heavy atom. The van der Waals surface area contributed by atoms with Crippen molar-refractivity contribution in [3.8, 4) is 16.2 Å². The van der Waals surface area contributed by atoms with Crippen LogP contribution in [0.2, 0.25) is 0 Å². The van der Waals surface area contributed by atoms with Crippen molar-refractivity contribution in [2.24, 2.45) is 0 Å². The number of nitrogens with zero attached hydrogens (tertiary/aromatic N) is 4. The number of fused-ring (bicyclic) bond motifs is 2. The first-order chi connectivity index (χ1) is 15.5. The van der Waals surface area contributed by atoms with Gasteiger partial charge in [-0.3, -0.25) is 4.79 Å². The number of nitrogens with two attached hydrogens (primary N) is 1. The molecule has 1 fully saturated rings. The quantitative estimate of drug-likeness (QED) is 0.464. The van der Waals surface area contributed by atoms with Gasteiger partial charge in [0.1, 0.15) is 23.5 Å². The smallest absolute Gasteiger partial charge is 0.245 e. The zero-order valence-electron chi connectivity index (χ0n) is 18.2. The summed E-state index contributed by atoms with van der Waals surface area (Å²) in [7, 11) is 1.70. The number of anilines is 1. The lowest BCUT2D eigenvalue weighted by atomic mass is 10.0. The number of methoxy groups -OCH3 is 1. The fourth-order valence-electron chi connectivity index (χ4n) is 4.62. The van der Waals surface area contributed by atoms with Crippen LogP contribution in [0.4, 0.5) is 5.82 Å². The van der Waals surface area contributed by atoms with E-state index >= 15 is 0 Å². The fourth-order valence-corrected chi connectivity index (χ4v) is 5.76. The Morgan fingerprint density at radius 1 is 1.28 bits per heavy atom. The summed E-state index contributed by atoms with van der Waals surface area (Å²) in [5, 5.41) is 2.02. The third-order valence-corrected chi connectivity index (χ3v) is 7.39. The van der Waals surface area contributed by atoms with Crippen molar-refractivity contribution in [1.29, 1.82) is 0 Å². The van der Waals surface area contributed by atoms with E-state index in [1.54, 1.807) is 18.4 Å². The Labute approximate surface area is 190 Å². The molecule has 0 radical (unpaired) electrons. The van der Waals surface area contributed by atoms with Crippen molar-refractivity contribution in [3.05, 3.63) is 48.9 Å². The maximum absolute atomic E-state index is 12.0. The van der Waals surface area contributed by atoms with Gasteiger partial charge in [0.25, 0.3) is 0 Å². The summed E-state index contributed by atoms with van der Waals surface area (Å²) in [6, 6.07) is 6.65. The molecule has 0 aliphatic carbocycles. The van der Waals surface area contributed by atoms with Crippen LogP contribution in [-0.4, -0.2) is 45.5 Å². The molecule has 3 aromatic heterocycles. The van der Waals surface area contributed by atoms with Crippen molar-refractivity contribution >= 4 is 44.2 Å². The van der Waals surface area contributed by atoms with E-state index in [9.17, 15) is 4.79 Å². The number of hydrogen-bond acceptors (Lipinski definition) is 6. The molecule has 2 N–H and O–H groups in total. The van der Waals surface area contributed by atoms with Crippen molar-refractivity contribution < 1.29 is 9.53 Å². The molecule has 164 valence electrons. The Morgan fingerprint density at radius 3 is 2.78 bits per heavy atom. The molecule has 1 aromatic carbocycles. The predicted molar refractivity (Wildman–Crippen MR) is 129 cm³/mol. The highest BCUT2D eigenvalue weighted by Crippen LogP contribution is 2.43. The van der Waals surface area contributed by atoms with E-state index in [0.29, 0.717) is 18.9 Å². The molecule has 1 saturated heterocycles. The van der Waals surface area contributed by atoms with E-state index in [4.69, 9.17) is 10.5 Å². The molecule has 0 bridgehead atoms. The van der Waals surface area contributed by atoms with Crippen LogP contribution in [0.1, 0.15) is 24.4 Å². The highest BCUT2D eigenvalue weighted by atomic mass is 32.1. The van der Waals surface area contributed by atoms with E-state index in [0.717, 1.165) is 55.7 Å². The maximum Gasteiger partial charge on any atom is 0.245 e. The Hall–Kier alpha value is -3.39. The summed E-state index contributed by atoms with van der Waals surface area (Å²) in [5.41, 5.74) is 9.37. The maximum atomic E-state index is 12.0. The zero-order valence-corrected chi connectivity index (χ0v) is 19.0. The van der Waals surface area contributed by atoms with Crippen molar-refractivity contribution in [2.45, 2.75) is 25.8 Å². The predicted octanol–water partition coefficient (Wildman–Crippen LogP) is 4.56. The van der Waals surface area contributed by atoms with Crippen LogP contribution < -0.4 is 10.5 Å². The molecule has 0 atom stereocenters. The minimum Gasteiger partial charge on any atom is -0.495 e. The molecular formula is C24H25N5O2S. The molecule has 1 amide bonds. The highest BCUT2D eigenvalue weighted by molar-refractivity contribution is 7.22. The molecule has 0 unspecified atom stereocenters. The number of likely N-dealkylation sites (tertiary alicyclic amines) is 1. The highest BCUT2D eigenvalue weighted by Gasteiger charge is 2.26. The van der Waals surface area contributed by atoms with Crippen molar-refractivity contribution in [1.82, 2.24) is 19.4 Å². The van der Waals surface area contributed by atoms with Crippen LogP contribution in [0.25, 0.3) is 31.6 Å². The number of hydrogen-bond donors (Lipinski definition) is 1. The molecule has 1 aliphatic rings. The number of carbonyl (C=O) groups excluding carboxylic acids is 1. The summed E-state index contributed by atoms with van der Waals surface area (Å²) in [4.78, 5) is 23.8. The minimum atomic E-state index is -0.0115. The number of thiophene rings is 1. The summed E-state index contributed by atoms with van der Waals surface area (Å²) in [6.45, 7) is 7.07. The van der Waals surface area contributed by atoms with Gasteiger partial charge in [-0.2, -0.15) is 0 Å². The molecule has 32 heavy (non-hydrogen) atoms. The third kappa shape index (κ3) is 3.31. The average Bonchev–Trinajstić information content (AvgIpc) is 3.40. The number of aryl methyl sites for hydroxylation is 1. The number of piperidine rings is 1. The van der Waals surface area contributed by atoms with Crippen LogP contribution in [0.3, 0.4) is 0 Å². The number of benzene rings is 1. The minimum absolute atomic E-state index is 0.0115. The summed E-state index contributed by atoms with van der Waals surface area (Å²) >= 11 is 1.69. The number of amides is 1. The van der Waals surface area contributed by atoms with Crippen molar-refractivity contribution in [3.63, 3.8) is 0 Å². The van der Waals surface area contributed by atoms with Gasteiger partial charge in [-0.1, -0.05) is 12.6 Å². The molecule has 4 aromatic rings. The third-order valence-electron chi connectivity index (χ3n) is 6.19. The lowest BCUT2D eigenvalue weighted by molar-refractivity contribution is -0.127. The Bertz CT molecular complexity index is 1350. The van der Waals surface area contributed by atoms with Crippen LogP contribution in [0.15, 0.2) is 43.4 Å². The standard InChI is InChI=1S/C24H25N5O2S/c1-4-20(30)28-7-5-16(6-8-28)29-12-17(21-23(25)26-13-27-24(21)29)19-11-15-9-14(2)10-18(31-3)22(15)32-19/h4,9-13,16H,1,5-8H2,2-3H3,(H2,25,26,27). The van der Waals surface area contributed by atoms with Crippen LogP contribution >= 0.6 is 11.3 Å². The van der Waals surface area contributed by atoms with E-state index in [1.165, 1.54) is 12.4 Å². The monoisotopic (exact) mass is 447 g/mol. The lowest BCUT2D eigenvalue weighted by Gasteiger charge is -2.32. The first-order valence-corrected chi connectivity index (χ1v) is 11.4. The number of rotatable bonds is 4. The Kier molecular flexibility index (Phi) is 5.09. The van der Waals surface area contributed by atoms with Crippen LogP contribution in [0.5, 0.6) is 5.75 Å². The second-order valence-electron chi connectivity index (χ2n) is 8.16. The molecule has 0 saturated carbocycles. The largest absolute Gasteiger partial charge is 0.495 e. The van der Waals surface area contributed by atoms with Gasteiger partial charge in [0.15, 0.2) is 0 Å². The average molecular weight is 448 g/mol. The Balaban J connectivity index is 1.61. The molecule has 7 nitrogen and oxygen atoms in total. The van der Waals surface area contributed by atoms with Gasteiger partial charge in [0.05, 0.1) is 17.2 Å². The topological polar surface area (TPSA) is 86.3 Å². The SMILES string of the molecule is C=CC(=O)N1CCC(n2cc(-c3cc4cc(C)cc(OC)c4s3)c3c(N)ncnc32)CC1. The van der Waals surface area contributed by atoms with Crippen LogP contribution in [-0.2, 0) is 4.79 Å². The zero-order chi connectivity index (χ0) is 22.4. The van der Waals surface area contributed by atoms with Gasteiger partial charge in [0, 0.05) is 35.8 Å². The van der Waals surface area contributed by atoms with Crippen LogP contribution in [0, 0.1) is 6.92 Å². The summed E-state index contributed by atoms with van der Waals surface area (Å²) < 4.78 is 8.95. The summed E-state index contributed by atoms with van der Waals surface area (Å²) in [5.74, 6) is 1.34. The van der Waals surface area contributed by atoms with Gasteiger partial charge in [-0.05, 0) is 48.9 Å². The number of nitrogen functional groups attached to an aromatic ring is 1. The van der Waals surface area contributed by atoms with Gasteiger partial charge in [0.2, 0.25) is 5.91 Å². The first kappa shape index (κ1) is 20.5. The molecule has 8 heteroatoms. The normalized spacial score (nSPS) is 14.9. The first-order valence-electron chi connectivity index (χ1n) is 10.6. The molecule has 0 spiro atoms. The molecule has 4 heterocycles. The molecule has 5 rings (SSSR count). The fraction of sp³-hybridized carbons (Fsp3) is 0.292. The van der Waals surface area contributed by atoms with Gasteiger partial charge in [-0.25, -0.2) is 9.97 Å². The van der Waals surface area contributed by atoms with Gasteiger partial charge >= 0.3 is 0 Å². The molecule has 1 aliphatic heterocycles.